The number of carbonyl (C=O) groups is 1. The van der Waals surface area contributed by atoms with Crippen molar-refractivity contribution < 1.29 is 9.53 Å². The minimum atomic E-state index is -0.474. The normalized spacial score (nSPS) is 11.2. The van der Waals surface area contributed by atoms with Gasteiger partial charge in [-0.1, -0.05) is 15.9 Å². The van der Waals surface area contributed by atoms with Gasteiger partial charge in [-0.05, 0) is 38.1 Å². The van der Waals surface area contributed by atoms with Crippen LogP contribution in [-0.4, -0.2) is 36.5 Å². The van der Waals surface area contributed by atoms with Crippen LogP contribution in [0, 0.1) is 0 Å². The predicted octanol–water partition coefficient (Wildman–Crippen LogP) is 2.41. The summed E-state index contributed by atoms with van der Waals surface area (Å²) in [6.07, 6.45) is 0.335. The van der Waals surface area contributed by atoms with Gasteiger partial charge >= 0.3 is 0 Å². The first-order valence-electron chi connectivity index (χ1n) is 6.19. The van der Waals surface area contributed by atoms with Gasteiger partial charge in [0.25, 0.3) is 0 Å². The summed E-state index contributed by atoms with van der Waals surface area (Å²) in [7, 11) is 1.76. The van der Waals surface area contributed by atoms with E-state index >= 15 is 0 Å². The maximum Gasteiger partial charge on any atom is 0.224 e. The lowest BCUT2D eigenvalue weighted by Crippen LogP contribution is -2.40. The summed E-state index contributed by atoms with van der Waals surface area (Å²) in [5.74, 6) is 0.829. The second-order valence-corrected chi connectivity index (χ2v) is 6.20. The van der Waals surface area contributed by atoms with Gasteiger partial charge in [-0.3, -0.25) is 4.79 Å². The Kier molecular flexibility index (Phi) is 5.82. The van der Waals surface area contributed by atoms with E-state index in [9.17, 15) is 4.79 Å². The van der Waals surface area contributed by atoms with Crippen molar-refractivity contribution in [3.63, 3.8) is 0 Å². The highest BCUT2D eigenvalue weighted by Crippen LogP contribution is 2.16. The smallest absolute Gasteiger partial charge is 0.224 e. The number of carbonyl (C=O) groups excluding carboxylic acids is 1. The van der Waals surface area contributed by atoms with Crippen molar-refractivity contribution in [3.05, 3.63) is 28.7 Å². The van der Waals surface area contributed by atoms with Crippen LogP contribution < -0.4 is 10.5 Å². The molecule has 19 heavy (non-hydrogen) atoms. The largest absolute Gasteiger partial charge is 0.492 e. The van der Waals surface area contributed by atoms with Gasteiger partial charge in [-0.25, -0.2) is 0 Å². The molecule has 0 atom stereocenters. The lowest BCUT2D eigenvalue weighted by molar-refractivity contribution is -0.131. The van der Waals surface area contributed by atoms with E-state index in [1.54, 1.807) is 11.9 Å². The van der Waals surface area contributed by atoms with Crippen LogP contribution in [0.4, 0.5) is 0 Å². The predicted molar refractivity (Wildman–Crippen MR) is 80.2 cm³/mol. The zero-order valence-electron chi connectivity index (χ0n) is 11.6. The topological polar surface area (TPSA) is 55.6 Å². The molecule has 1 rings (SSSR count). The molecule has 0 heterocycles. The quantitative estimate of drug-likeness (QED) is 0.872. The molecule has 4 nitrogen and oxygen atoms in total. The minimum absolute atomic E-state index is 0.0342. The van der Waals surface area contributed by atoms with Crippen LogP contribution in [0.15, 0.2) is 28.7 Å². The number of ether oxygens (including phenoxy) is 1. The molecule has 0 fully saturated rings. The first-order valence-corrected chi connectivity index (χ1v) is 6.98. The molecule has 0 aliphatic rings. The maximum absolute atomic E-state index is 11.8. The van der Waals surface area contributed by atoms with Crippen molar-refractivity contribution in [2.24, 2.45) is 5.73 Å². The molecule has 1 aromatic rings. The summed E-state index contributed by atoms with van der Waals surface area (Å²) in [4.78, 5) is 13.5. The van der Waals surface area contributed by atoms with Gasteiger partial charge < -0.3 is 15.4 Å². The highest BCUT2D eigenvalue weighted by molar-refractivity contribution is 9.10. The van der Waals surface area contributed by atoms with E-state index in [-0.39, 0.29) is 5.91 Å². The van der Waals surface area contributed by atoms with Crippen LogP contribution >= 0.6 is 15.9 Å². The van der Waals surface area contributed by atoms with Crippen LogP contribution in [0.1, 0.15) is 20.3 Å². The molecule has 1 aromatic carbocycles. The van der Waals surface area contributed by atoms with Gasteiger partial charge in [0.15, 0.2) is 0 Å². The summed E-state index contributed by atoms with van der Waals surface area (Å²) in [6, 6.07) is 7.60. The van der Waals surface area contributed by atoms with Gasteiger partial charge in [0.2, 0.25) is 5.91 Å². The maximum atomic E-state index is 11.8. The molecule has 5 heteroatoms. The molecule has 0 aromatic heterocycles. The molecular weight excluding hydrogens is 308 g/mol. The van der Waals surface area contributed by atoms with Crippen LogP contribution in [-0.2, 0) is 4.79 Å². The van der Waals surface area contributed by atoms with E-state index in [0.29, 0.717) is 19.6 Å². The monoisotopic (exact) mass is 328 g/mol. The fraction of sp³-hybridized carbons (Fsp3) is 0.500. The van der Waals surface area contributed by atoms with Gasteiger partial charge in [-0.15, -0.1) is 0 Å². The molecule has 106 valence electrons. The number of likely N-dealkylation sites (N-methyl/N-ethyl adjacent to an activating group) is 1. The molecule has 0 aliphatic carbocycles. The van der Waals surface area contributed by atoms with Crippen molar-refractivity contribution >= 4 is 21.8 Å². The van der Waals surface area contributed by atoms with E-state index in [2.05, 4.69) is 15.9 Å². The van der Waals surface area contributed by atoms with E-state index in [0.717, 1.165) is 10.2 Å². The summed E-state index contributed by atoms with van der Waals surface area (Å²) in [5.41, 5.74) is 5.35. The highest BCUT2D eigenvalue weighted by Gasteiger charge is 2.19. The number of benzene rings is 1. The third kappa shape index (κ3) is 6.59. The Hall–Kier alpha value is -1.07. The summed E-state index contributed by atoms with van der Waals surface area (Å²) in [5, 5.41) is 0. The first-order chi connectivity index (χ1) is 8.78. The molecule has 0 unspecified atom stereocenters. The second kappa shape index (κ2) is 6.91. The average molecular weight is 329 g/mol. The SMILES string of the molecule is CN(CCOc1ccc(Br)cc1)C(=O)CC(C)(C)N. The van der Waals surface area contributed by atoms with E-state index in [1.807, 2.05) is 38.1 Å². The zero-order valence-corrected chi connectivity index (χ0v) is 13.2. The van der Waals surface area contributed by atoms with Crippen molar-refractivity contribution in [1.29, 1.82) is 0 Å². The fourth-order valence-electron chi connectivity index (χ4n) is 1.48. The number of halogens is 1. The van der Waals surface area contributed by atoms with Crippen molar-refractivity contribution in [1.82, 2.24) is 4.90 Å². The highest BCUT2D eigenvalue weighted by atomic mass is 79.9. The van der Waals surface area contributed by atoms with Crippen LogP contribution in [0.5, 0.6) is 5.75 Å². The van der Waals surface area contributed by atoms with Crippen LogP contribution in [0.3, 0.4) is 0 Å². The van der Waals surface area contributed by atoms with E-state index in [4.69, 9.17) is 10.5 Å². The number of nitrogens with two attached hydrogens (primary N) is 1. The molecule has 0 spiro atoms. The van der Waals surface area contributed by atoms with Crippen molar-refractivity contribution in [3.8, 4) is 5.75 Å². The van der Waals surface area contributed by atoms with Crippen molar-refractivity contribution in [2.75, 3.05) is 20.2 Å². The zero-order chi connectivity index (χ0) is 14.5. The molecular formula is C14H21BrN2O2. The van der Waals surface area contributed by atoms with Crippen LogP contribution in [0.2, 0.25) is 0 Å². The first kappa shape index (κ1) is 16.0. The van der Waals surface area contributed by atoms with Gasteiger partial charge in [0, 0.05) is 23.5 Å². The second-order valence-electron chi connectivity index (χ2n) is 5.28. The average Bonchev–Trinajstić information content (AvgIpc) is 2.29. The summed E-state index contributed by atoms with van der Waals surface area (Å²) in [6.45, 7) is 4.70. The number of hydrogen-bond acceptors (Lipinski definition) is 3. The Bertz CT molecular complexity index is 412. The van der Waals surface area contributed by atoms with E-state index < -0.39 is 5.54 Å². The lowest BCUT2D eigenvalue weighted by atomic mass is 10.0. The van der Waals surface area contributed by atoms with E-state index in [1.165, 1.54) is 0 Å². The molecule has 0 saturated heterocycles. The fourth-order valence-corrected chi connectivity index (χ4v) is 1.75. The number of amides is 1. The Morgan fingerprint density at radius 3 is 2.47 bits per heavy atom. The van der Waals surface area contributed by atoms with Crippen LogP contribution in [0.25, 0.3) is 0 Å². The number of rotatable bonds is 6. The molecule has 0 radical (unpaired) electrons. The molecule has 0 saturated carbocycles. The van der Waals surface area contributed by atoms with Gasteiger partial charge in [0.1, 0.15) is 12.4 Å². The number of nitrogens with zero attached hydrogens (tertiary/aromatic N) is 1. The minimum Gasteiger partial charge on any atom is -0.492 e. The van der Waals surface area contributed by atoms with Gasteiger partial charge in [-0.2, -0.15) is 0 Å². The molecule has 1 amide bonds. The molecule has 0 aliphatic heterocycles. The Balaban J connectivity index is 2.32. The Morgan fingerprint density at radius 1 is 1.37 bits per heavy atom. The van der Waals surface area contributed by atoms with Gasteiger partial charge in [0.05, 0.1) is 6.54 Å². The lowest BCUT2D eigenvalue weighted by Gasteiger charge is -2.23. The third-order valence-corrected chi connectivity index (χ3v) is 3.07. The molecule has 0 bridgehead atoms. The molecule has 2 N–H and O–H groups in total. The Morgan fingerprint density at radius 2 is 1.95 bits per heavy atom. The standard InChI is InChI=1S/C14H21BrN2O2/c1-14(2,16)10-13(18)17(3)8-9-19-12-6-4-11(15)5-7-12/h4-7H,8-10,16H2,1-3H3. The Labute approximate surface area is 123 Å². The summed E-state index contributed by atoms with van der Waals surface area (Å²) < 4.78 is 6.58. The van der Waals surface area contributed by atoms with Crippen molar-refractivity contribution in [2.45, 2.75) is 25.8 Å². The summed E-state index contributed by atoms with van der Waals surface area (Å²) >= 11 is 3.36. The number of hydrogen-bond donors (Lipinski definition) is 1. The third-order valence-electron chi connectivity index (χ3n) is 2.54.